The molecule has 0 radical (unpaired) electrons. The van der Waals surface area contributed by atoms with Gasteiger partial charge >= 0.3 is 12.2 Å². The van der Waals surface area contributed by atoms with E-state index in [0.29, 0.717) is 49.1 Å². The Morgan fingerprint density at radius 2 is 1.63 bits per heavy atom. The normalized spacial score (nSPS) is 20.2. The summed E-state index contributed by atoms with van der Waals surface area (Å²) in [5, 5.41) is 0.825. The first-order valence-electron chi connectivity index (χ1n) is 12.0. The first-order valence-corrected chi connectivity index (χ1v) is 12.0. The number of hydrogen-bond donors (Lipinski definition) is 0. The highest BCUT2D eigenvalue weighted by atomic mass is 19.4. The molecule has 38 heavy (non-hydrogen) atoms. The number of carbonyl (C=O) groups is 2. The van der Waals surface area contributed by atoms with Gasteiger partial charge in [-0.15, -0.1) is 0 Å². The van der Waals surface area contributed by atoms with Crippen molar-refractivity contribution in [2.45, 2.75) is 44.0 Å². The lowest BCUT2D eigenvalue weighted by Crippen LogP contribution is -2.44. The zero-order valence-corrected chi connectivity index (χ0v) is 20.7. The van der Waals surface area contributed by atoms with E-state index in [9.17, 15) is 22.8 Å². The molecule has 3 amide bonds. The van der Waals surface area contributed by atoms with Crippen molar-refractivity contribution in [1.82, 2.24) is 14.9 Å². The molecule has 9 nitrogen and oxygen atoms in total. The van der Waals surface area contributed by atoms with E-state index in [1.165, 1.54) is 0 Å². The molecule has 0 bridgehead atoms. The largest absolute Gasteiger partial charge is 0.493 e. The molecular formula is C26H25F3N4O5. The van der Waals surface area contributed by atoms with Gasteiger partial charge in [-0.3, -0.25) is 24.6 Å². The zero-order valence-electron chi connectivity index (χ0n) is 20.7. The van der Waals surface area contributed by atoms with E-state index >= 15 is 0 Å². The number of nitrogens with zero attached hydrogens (tertiary/aromatic N) is 4. The molecule has 1 saturated heterocycles. The molecule has 3 heterocycles. The van der Waals surface area contributed by atoms with E-state index in [-0.39, 0.29) is 24.4 Å². The first-order chi connectivity index (χ1) is 18.2. The summed E-state index contributed by atoms with van der Waals surface area (Å²) < 4.78 is 56.1. The number of rotatable bonds is 6. The van der Waals surface area contributed by atoms with Crippen molar-refractivity contribution >= 4 is 28.5 Å². The number of benzene rings is 1. The highest BCUT2D eigenvalue weighted by Gasteiger charge is 2.43. The maximum atomic E-state index is 13.1. The van der Waals surface area contributed by atoms with Gasteiger partial charge in [-0.05, 0) is 43.9 Å². The van der Waals surface area contributed by atoms with Gasteiger partial charge in [-0.2, -0.15) is 13.2 Å². The number of imide groups is 1. The van der Waals surface area contributed by atoms with Gasteiger partial charge in [-0.1, -0.05) is 0 Å². The summed E-state index contributed by atoms with van der Waals surface area (Å²) in [7, 11) is 3.11. The summed E-state index contributed by atoms with van der Waals surface area (Å²) in [6, 6.07) is 5.31. The predicted molar refractivity (Wildman–Crippen MR) is 130 cm³/mol. The lowest BCUT2D eigenvalue weighted by molar-refractivity contribution is -0.137. The third-order valence-electron chi connectivity index (χ3n) is 6.83. The number of ether oxygens (including phenoxy) is 3. The number of fused-ring (bicyclic) bond motifs is 1. The summed E-state index contributed by atoms with van der Waals surface area (Å²) in [4.78, 5) is 36.0. The van der Waals surface area contributed by atoms with Gasteiger partial charge in [0.25, 0.3) is 5.91 Å². The van der Waals surface area contributed by atoms with Gasteiger partial charge < -0.3 is 14.2 Å². The monoisotopic (exact) mass is 530 g/mol. The summed E-state index contributed by atoms with van der Waals surface area (Å²) in [6.07, 6.45) is 0.949. The number of urea groups is 1. The van der Waals surface area contributed by atoms with Crippen molar-refractivity contribution in [2.75, 3.05) is 25.7 Å². The number of halogens is 3. The van der Waals surface area contributed by atoms with Gasteiger partial charge in [-0.25, -0.2) is 4.79 Å². The molecule has 12 heteroatoms. The molecule has 2 aromatic heterocycles. The molecule has 1 saturated carbocycles. The Labute approximate surface area is 216 Å². The van der Waals surface area contributed by atoms with E-state index in [1.54, 1.807) is 26.5 Å². The molecule has 0 atom stereocenters. The molecule has 0 unspecified atom stereocenters. The molecular weight excluding hydrogens is 505 g/mol. The molecule has 1 aliphatic carbocycles. The minimum Gasteiger partial charge on any atom is -0.493 e. The fraction of sp³-hybridized carbons (Fsp3) is 0.385. The maximum absolute atomic E-state index is 13.1. The Balaban J connectivity index is 1.23. The zero-order chi connectivity index (χ0) is 27.0. The Bertz CT molecular complexity index is 1370. The van der Waals surface area contributed by atoms with Gasteiger partial charge in [0.15, 0.2) is 11.5 Å². The second-order valence-corrected chi connectivity index (χ2v) is 9.18. The van der Waals surface area contributed by atoms with Gasteiger partial charge in [0.1, 0.15) is 12.3 Å². The average molecular weight is 531 g/mol. The van der Waals surface area contributed by atoms with Gasteiger partial charge in [0.05, 0.1) is 49.5 Å². The fourth-order valence-corrected chi connectivity index (χ4v) is 4.92. The SMILES string of the molecule is COc1cc2cc(OC3CCC(N4C(=O)CN(c5cncc(C(F)(F)F)c5)C4=O)CC3)cnc2cc1OC. The minimum atomic E-state index is -4.60. The standard InChI is InChI=1S/C26H25F3N4O5/c1-36-22-8-15-7-20(13-31-21(15)10-23(22)37-2)38-19-5-3-17(4-6-19)33-24(34)14-32(25(33)35)18-9-16(11-30-12-18)26(27,28)29/h7-13,17,19H,3-6,14H2,1-2H3. The van der Waals surface area contributed by atoms with Crippen molar-refractivity contribution in [1.29, 1.82) is 0 Å². The highest BCUT2D eigenvalue weighted by molar-refractivity contribution is 6.12. The number of alkyl halides is 3. The van der Waals surface area contributed by atoms with Crippen LogP contribution in [-0.4, -0.2) is 59.7 Å². The summed E-state index contributed by atoms with van der Waals surface area (Å²) in [5.74, 6) is 1.30. The molecule has 3 aromatic rings. The van der Waals surface area contributed by atoms with Crippen LogP contribution in [-0.2, 0) is 11.0 Å². The predicted octanol–water partition coefficient (Wildman–Crippen LogP) is 4.82. The number of amides is 3. The van der Waals surface area contributed by atoms with Crippen LogP contribution < -0.4 is 19.1 Å². The van der Waals surface area contributed by atoms with Crippen molar-refractivity contribution in [3.05, 3.63) is 48.4 Å². The van der Waals surface area contributed by atoms with E-state index in [0.717, 1.165) is 33.0 Å². The number of anilines is 1. The van der Waals surface area contributed by atoms with Gasteiger partial charge in [0.2, 0.25) is 0 Å². The molecule has 0 spiro atoms. The fourth-order valence-electron chi connectivity index (χ4n) is 4.92. The number of aromatic nitrogens is 2. The third kappa shape index (κ3) is 4.90. The maximum Gasteiger partial charge on any atom is 0.417 e. The third-order valence-corrected chi connectivity index (χ3v) is 6.83. The Morgan fingerprint density at radius 1 is 0.921 bits per heavy atom. The van der Waals surface area contributed by atoms with Crippen LogP contribution in [0.3, 0.4) is 0 Å². The number of pyridine rings is 2. The molecule has 1 aromatic carbocycles. The van der Waals surface area contributed by atoms with Crippen LogP contribution in [0.25, 0.3) is 10.9 Å². The Morgan fingerprint density at radius 3 is 2.32 bits per heavy atom. The molecule has 2 aliphatic rings. The van der Waals surface area contributed by atoms with Crippen LogP contribution in [0.1, 0.15) is 31.2 Å². The Kier molecular flexibility index (Phi) is 6.72. The van der Waals surface area contributed by atoms with E-state index in [2.05, 4.69) is 9.97 Å². The second-order valence-electron chi connectivity index (χ2n) is 9.18. The summed E-state index contributed by atoms with van der Waals surface area (Å²) in [5.41, 5.74) is -0.312. The van der Waals surface area contributed by atoms with Crippen LogP contribution in [0.4, 0.5) is 23.7 Å². The van der Waals surface area contributed by atoms with Crippen molar-refractivity contribution in [3.63, 3.8) is 0 Å². The van der Waals surface area contributed by atoms with E-state index in [1.807, 2.05) is 12.1 Å². The van der Waals surface area contributed by atoms with Gasteiger partial charge in [0, 0.05) is 23.7 Å². The molecule has 2 fully saturated rings. The molecule has 200 valence electrons. The van der Waals surface area contributed by atoms with Crippen LogP contribution >= 0.6 is 0 Å². The van der Waals surface area contributed by atoms with Crippen LogP contribution in [0, 0.1) is 0 Å². The average Bonchev–Trinajstić information content (AvgIpc) is 3.21. The smallest absolute Gasteiger partial charge is 0.417 e. The van der Waals surface area contributed by atoms with E-state index in [4.69, 9.17) is 14.2 Å². The number of hydrogen-bond acceptors (Lipinski definition) is 7. The van der Waals surface area contributed by atoms with Crippen molar-refractivity contribution < 1.29 is 37.0 Å². The quantitative estimate of drug-likeness (QED) is 0.422. The first kappa shape index (κ1) is 25.6. The number of methoxy groups -OCH3 is 2. The summed E-state index contributed by atoms with van der Waals surface area (Å²) >= 11 is 0. The molecule has 5 rings (SSSR count). The van der Waals surface area contributed by atoms with Crippen molar-refractivity contribution in [2.24, 2.45) is 0 Å². The van der Waals surface area contributed by atoms with Crippen LogP contribution in [0.2, 0.25) is 0 Å². The van der Waals surface area contributed by atoms with E-state index < -0.39 is 23.7 Å². The topological polar surface area (TPSA) is 94.1 Å². The lowest BCUT2D eigenvalue weighted by Gasteiger charge is -2.33. The molecule has 1 aliphatic heterocycles. The van der Waals surface area contributed by atoms with Crippen molar-refractivity contribution in [3.8, 4) is 17.2 Å². The van der Waals surface area contributed by atoms with Crippen LogP contribution in [0.15, 0.2) is 42.9 Å². The Hall–Kier alpha value is -4.09. The second kappa shape index (κ2) is 9.99. The molecule has 0 N–H and O–H groups in total. The lowest BCUT2D eigenvalue weighted by atomic mass is 9.92. The minimum absolute atomic E-state index is 0.0595. The number of carbonyl (C=O) groups excluding carboxylic acids is 2. The summed E-state index contributed by atoms with van der Waals surface area (Å²) in [6.45, 7) is -0.324. The van der Waals surface area contributed by atoms with Crippen LogP contribution in [0.5, 0.6) is 17.2 Å². The highest BCUT2D eigenvalue weighted by Crippen LogP contribution is 2.35.